The quantitative estimate of drug-likeness (QED) is 0.911. The lowest BCUT2D eigenvalue weighted by molar-refractivity contribution is 0.0784. The van der Waals surface area contributed by atoms with Crippen molar-refractivity contribution in [3.8, 4) is 0 Å². The molecule has 1 saturated heterocycles. The molecule has 1 unspecified atom stereocenters. The molecule has 1 atom stereocenters. The van der Waals surface area contributed by atoms with Crippen LogP contribution in [0.3, 0.4) is 0 Å². The molecule has 4 heteroatoms. The van der Waals surface area contributed by atoms with Crippen LogP contribution >= 0.6 is 0 Å². The lowest BCUT2D eigenvalue weighted by atomic mass is 10.1. The number of carbonyl (C=O) groups is 1. The normalized spacial score (nSPS) is 18.9. The van der Waals surface area contributed by atoms with E-state index in [1.807, 2.05) is 0 Å². The molecule has 2 rings (SSSR count). The van der Waals surface area contributed by atoms with Gasteiger partial charge < -0.3 is 10.0 Å². The number of carbonyl (C=O) groups excluding carboxylic acids is 1. The first-order chi connectivity index (χ1) is 9.02. The first-order valence-electron chi connectivity index (χ1n) is 6.69. The maximum absolute atomic E-state index is 13.6. The van der Waals surface area contributed by atoms with Crippen LogP contribution < -0.4 is 0 Å². The molecule has 0 bridgehead atoms. The van der Waals surface area contributed by atoms with Gasteiger partial charge in [-0.25, -0.2) is 4.39 Å². The van der Waals surface area contributed by atoms with E-state index >= 15 is 0 Å². The number of amides is 1. The van der Waals surface area contributed by atoms with Crippen molar-refractivity contribution in [2.45, 2.75) is 26.7 Å². The molecule has 3 nitrogen and oxygen atoms in total. The first kappa shape index (κ1) is 14.0. The number of benzene rings is 1. The largest absolute Gasteiger partial charge is 0.396 e. The molecule has 104 valence electrons. The van der Waals surface area contributed by atoms with E-state index in [0.29, 0.717) is 29.2 Å². The average molecular weight is 265 g/mol. The second-order valence-electron chi connectivity index (χ2n) is 5.34. The average Bonchev–Trinajstić information content (AvgIpc) is 2.83. The van der Waals surface area contributed by atoms with Gasteiger partial charge in [0.05, 0.1) is 0 Å². The van der Waals surface area contributed by atoms with Gasteiger partial charge >= 0.3 is 0 Å². The van der Waals surface area contributed by atoms with Gasteiger partial charge in [0.1, 0.15) is 5.82 Å². The number of aliphatic hydroxyl groups is 1. The Kier molecular flexibility index (Phi) is 4.20. The lowest BCUT2D eigenvalue weighted by Gasteiger charge is -2.17. The molecule has 19 heavy (non-hydrogen) atoms. The highest BCUT2D eigenvalue weighted by Crippen LogP contribution is 2.22. The molecule has 1 amide bonds. The third kappa shape index (κ3) is 2.95. The number of hydrogen-bond acceptors (Lipinski definition) is 2. The summed E-state index contributed by atoms with van der Waals surface area (Å²) in [6.45, 7) is 4.94. The summed E-state index contributed by atoms with van der Waals surface area (Å²) < 4.78 is 13.6. The van der Waals surface area contributed by atoms with Crippen molar-refractivity contribution in [2.75, 3.05) is 19.7 Å². The molecule has 0 aromatic heterocycles. The monoisotopic (exact) mass is 265 g/mol. The number of nitrogens with zero attached hydrogens (tertiary/aromatic N) is 1. The van der Waals surface area contributed by atoms with Crippen molar-refractivity contribution in [3.63, 3.8) is 0 Å². The Balaban J connectivity index is 2.13. The standard InChI is InChI=1S/C15H20FNO2/c1-10-7-13(8-11(2)14(10)16)15(19)17-5-3-12(9-17)4-6-18/h7-8,12,18H,3-6,9H2,1-2H3. The van der Waals surface area contributed by atoms with Crippen LogP contribution in [-0.2, 0) is 0 Å². The van der Waals surface area contributed by atoms with Crippen LogP contribution in [0, 0.1) is 25.6 Å². The summed E-state index contributed by atoms with van der Waals surface area (Å²) in [6.07, 6.45) is 1.68. The first-order valence-corrected chi connectivity index (χ1v) is 6.69. The van der Waals surface area contributed by atoms with Gasteiger partial charge in [0.2, 0.25) is 0 Å². The van der Waals surface area contributed by atoms with Gasteiger partial charge in [-0.1, -0.05) is 0 Å². The highest BCUT2D eigenvalue weighted by molar-refractivity contribution is 5.94. The van der Waals surface area contributed by atoms with Crippen LogP contribution in [0.1, 0.15) is 34.3 Å². The number of aryl methyl sites for hydroxylation is 2. The van der Waals surface area contributed by atoms with Crippen LogP contribution in [0.25, 0.3) is 0 Å². The third-order valence-electron chi connectivity index (χ3n) is 3.79. The maximum Gasteiger partial charge on any atom is 0.253 e. The molecule has 0 aliphatic carbocycles. The minimum Gasteiger partial charge on any atom is -0.396 e. The molecule has 0 spiro atoms. The van der Waals surface area contributed by atoms with Gasteiger partial charge in [0.25, 0.3) is 5.91 Å². The Hall–Kier alpha value is -1.42. The van der Waals surface area contributed by atoms with Crippen molar-refractivity contribution in [2.24, 2.45) is 5.92 Å². The number of aliphatic hydroxyl groups excluding tert-OH is 1. The summed E-state index contributed by atoms with van der Waals surface area (Å²) in [7, 11) is 0. The van der Waals surface area contributed by atoms with Crippen LogP contribution in [-0.4, -0.2) is 35.6 Å². The highest BCUT2D eigenvalue weighted by atomic mass is 19.1. The fraction of sp³-hybridized carbons (Fsp3) is 0.533. The molecule has 1 aliphatic heterocycles. The topological polar surface area (TPSA) is 40.5 Å². The Morgan fingerprint density at radius 2 is 2.05 bits per heavy atom. The van der Waals surface area contributed by atoms with E-state index in [2.05, 4.69) is 0 Å². The summed E-state index contributed by atoms with van der Waals surface area (Å²) in [5.41, 5.74) is 1.57. The van der Waals surface area contributed by atoms with Crippen molar-refractivity contribution in [3.05, 3.63) is 34.6 Å². The van der Waals surface area contributed by atoms with E-state index in [-0.39, 0.29) is 18.3 Å². The summed E-state index contributed by atoms with van der Waals surface area (Å²) >= 11 is 0. The summed E-state index contributed by atoms with van der Waals surface area (Å²) in [6, 6.07) is 3.23. The summed E-state index contributed by atoms with van der Waals surface area (Å²) in [5, 5.41) is 8.93. The van der Waals surface area contributed by atoms with E-state index < -0.39 is 0 Å². The second kappa shape index (κ2) is 5.70. The minimum atomic E-state index is -0.240. The van der Waals surface area contributed by atoms with Gasteiger partial charge in [0.15, 0.2) is 0 Å². The van der Waals surface area contributed by atoms with Gasteiger partial charge in [0, 0.05) is 25.3 Å². The molecule has 0 radical (unpaired) electrons. The number of rotatable bonds is 3. The highest BCUT2D eigenvalue weighted by Gasteiger charge is 2.26. The van der Waals surface area contributed by atoms with E-state index in [1.54, 1.807) is 30.9 Å². The SMILES string of the molecule is Cc1cc(C(=O)N2CCC(CCO)C2)cc(C)c1F. The fourth-order valence-electron chi connectivity index (χ4n) is 2.69. The predicted octanol–water partition coefficient (Wildman–Crippen LogP) is 2.29. The maximum atomic E-state index is 13.6. The Morgan fingerprint density at radius 3 is 2.63 bits per heavy atom. The zero-order valence-corrected chi connectivity index (χ0v) is 11.4. The van der Waals surface area contributed by atoms with Crippen LogP contribution in [0.4, 0.5) is 4.39 Å². The summed E-state index contributed by atoms with van der Waals surface area (Å²) in [5.74, 6) is 0.111. The van der Waals surface area contributed by atoms with E-state index in [0.717, 1.165) is 19.4 Å². The van der Waals surface area contributed by atoms with Crippen molar-refractivity contribution >= 4 is 5.91 Å². The van der Waals surface area contributed by atoms with Crippen LogP contribution in [0.5, 0.6) is 0 Å². The number of likely N-dealkylation sites (tertiary alicyclic amines) is 1. The zero-order chi connectivity index (χ0) is 14.0. The third-order valence-corrected chi connectivity index (χ3v) is 3.79. The Labute approximate surface area is 113 Å². The number of halogens is 1. The number of hydrogen-bond donors (Lipinski definition) is 1. The van der Waals surface area contributed by atoms with E-state index in [4.69, 9.17) is 5.11 Å². The minimum absolute atomic E-state index is 0.0355. The van der Waals surface area contributed by atoms with Gasteiger partial charge in [-0.3, -0.25) is 4.79 Å². The van der Waals surface area contributed by atoms with Crippen molar-refractivity contribution in [1.29, 1.82) is 0 Å². The predicted molar refractivity (Wildman–Crippen MR) is 71.6 cm³/mol. The van der Waals surface area contributed by atoms with Crippen molar-refractivity contribution < 1.29 is 14.3 Å². The molecule has 1 fully saturated rings. The van der Waals surface area contributed by atoms with Crippen LogP contribution in [0.2, 0.25) is 0 Å². The molecule has 1 heterocycles. The van der Waals surface area contributed by atoms with E-state index in [1.165, 1.54) is 0 Å². The van der Waals surface area contributed by atoms with Gasteiger partial charge in [-0.2, -0.15) is 0 Å². The van der Waals surface area contributed by atoms with Gasteiger partial charge in [-0.05, 0) is 55.9 Å². The molecular formula is C15H20FNO2. The van der Waals surface area contributed by atoms with E-state index in [9.17, 15) is 9.18 Å². The summed E-state index contributed by atoms with van der Waals surface area (Å²) in [4.78, 5) is 14.2. The second-order valence-corrected chi connectivity index (χ2v) is 5.34. The molecule has 1 aromatic carbocycles. The lowest BCUT2D eigenvalue weighted by Crippen LogP contribution is -2.29. The Morgan fingerprint density at radius 1 is 1.42 bits per heavy atom. The zero-order valence-electron chi connectivity index (χ0n) is 11.4. The molecule has 1 N–H and O–H groups in total. The molecule has 1 aromatic rings. The fourth-order valence-corrected chi connectivity index (χ4v) is 2.69. The Bertz CT molecular complexity index is 464. The molecule has 0 saturated carbocycles. The molecular weight excluding hydrogens is 245 g/mol. The van der Waals surface area contributed by atoms with Crippen molar-refractivity contribution in [1.82, 2.24) is 4.90 Å². The van der Waals surface area contributed by atoms with Crippen LogP contribution in [0.15, 0.2) is 12.1 Å². The van der Waals surface area contributed by atoms with Gasteiger partial charge in [-0.15, -0.1) is 0 Å². The smallest absolute Gasteiger partial charge is 0.253 e. The molecule has 1 aliphatic rings.